The molecule has 0 aliphatic carbocycles. The molecule has 55 valence electrons. The Morgan fingerprint density at radius 1 is 1.22 bits per heavy atom. The van der Waals surface area contributed by atoms with Gasteiger partial charge in [-0.05, 0) is 6.92 Å². The van der Waals surface area contributed by atoms with Gasteiger partial charge in [0, 0.05) is 6.61 Å². The summed E-state index contributed by atoms with van der Waals surface area (Å²) in [5.74, 6) is 0. The van der Waals surface area contributed by atoms with Gasteiger partial charge in [0.15, 0.2) is 0 Å². The Morgan fingerprint density at radius 2 is 2.00 bits per heavy atom. The summed E-state index contributed by atoms with van der Waals surface area (Å²) in [4.78, 5) is 0. The zero-order chi connectivity index (χ0) is 6.95. The third kappa shape index (κ3) is 7.88. The van der Waals surface area contributed by atoms with Crippen molar-refractivity contribution in [2.75, 3.05) is 26.6 Å². The van der Waals surface area contributed by atoms with Crippen molar-refractivity contribution in [1.29, 1.82) is 0 Å². The first kappa shape index (κ1) is 8.88. The molecule has 0 aliphatic heterocycles. The normalized spacial score (nSPS) is 10.0. The lowest BCUT2D eigenvalue weighted by Crippen LogP contribution is -2.04. The van der Waals surface area contributed by atoms with E-state index in [0.29, 0.717) is 26.6 Å². The molecule has 1 radical (unpaired) electrons. The molecule has 0 aromatic carbocycles. The van der Waals surface area contributed by atoms with Crippen LogP contribution in [0.5, 0.6) is 0 Å². The van der Waals surface area contributed by atoms with Gasteiger partial charge >= 0.3 is 0 Å². The highest BCUT2D eigenvalue weighted by atomic mass is 16.7. The van der Waals surface area contributed by atoms with Gasteiger partial charge in [0.05, 0.1) is 20.3 Å². The van der Waals surface area contributed by atoms with Crippen molar-refractivity contribution in [2.45, 2.75) is 6.92 Å². The van der Waals surface area contributed by atoms with Crippen LogP contribution in [0.25, 0.3) is 0 Å². The highest BCUT2D eigenvalue weighted by Crippen LogP contribution is 1.77. The topological polar surface area (TPSA) is 27.7 Å². The summed E-state index contributed by atoms with van der Waals surface area (Å²) in [5, 5.41) is 0. The number of ether oxygens (including phenoxy) is 3. The Hall–Kier alpha value is -0.120. The van der Waals surface area contributed by atoms with E-state index < -0.39 is 0 Å². The second-order valence-corrected chi connectivity index (χ2v) is 1.43. The van der Waals surface area contributed by atoms with Crippen molar-refractivity contribution in [3.05, 3.63) is 7.11 Å². The average molecular weight is 133 g/mol. The first-order chi connectivity index (χ1) is 4.41. The Labute approximate surface area is 55.9 Å². The molecule has 0 aromatic rings. The summed E-state index contributed by atoms with van der Waals surface area (Å²) >= 11 is 0. The van der Waals surface area contributed by atoms with E-state index in [1.54, 1.807) is 0 Å². The maximum Gasteiger partial charge on any atom is 0.146 e. The molecule has 3 heteroatoms. The lowest BCUT2D eigenvalue weighted by molar-refractivity contribution is -0.0595. The molecule has 0 unspecified atom stereocenters. The fraction of sp³-hybridized carbons (Fsp3) is 0.833. The Bertz CT molecular complexity index is 41.6. The van der Waals surface area contributed by atoms with Crippen LogP contribution in [0.4, 0.5) is 0 Å². The van der Waals surface area contributed by atoms with Gasteiger partial charge in [-0.15, -0.1) is 0 Å². The van der Waals surface area contributed by atoms with Crippen LogP contribution in [-0.4, -0.2) is 26.6 Å². The lowest BCUT2D eigenvalue weighted by Gasteiger charge is -2.01. The first-order valence-electron chi connectivity index (χ1n) is 2.94. The predicted molar refractivity (Wildman–Crippen MR) is 33.8 cm³/mol. The van der Waals surface area contributed by atoms with Crippen LogP contribution in [0.2, 0.25) is 0 Å². The van der Waals surface area contributed by atoms with Crippen LogP contribution in [0, 0.1) is 7.11 Å². The van der Waals surface area contributed by atoms with E-state index in [4.69, 9.17) is 9.47 Å². The van der Waals surface area contributed by atoms with E-state index in [0.717, 1.165) is 0 Å². The van der Waals surface area contributed by atoms with Crippen molar-refractivity contribution in [2.24, 2.45) is 0 Å². The second kappa shape index (κ2) is 7.88. The van der Waals surface area contributed by atoms with E-state index in [1.807, 2.05) is 6.92 Å². The van der Waals surface area contributed by atoms with Gasteiger partial charge in [0.2, 0.25) is 0 Å². The van der Waals surface area contributed by atoms with Gasteiger partial charge < -0.3 is 14.2 Å². The highest BCUT2D eigenvalue weighted by molar-refractivity contribution is 4.23. The number of rotatable bonds is 6. The molecule has 0 aromatic heterocycles. The molecule has 0 aliphatic rings. The second-order valence-electron chi connectivity index (χ2n) is 1.43. The Kier molecular flexibility index (Phi) is 7.77. The SMILES string of the molecule is [CH2]OCCOCOCC. The molecular weight excluding hydrogens is 120 g/mol. The molecule has 0 heterocycles. The standard InChI is InChI=1S/C6H13O3/c1-3-8-6-9-5-4-7-2/h2-6H2,1H3. The molecule has 9 heavy (non-hydrogen) atoms. The molecule has 0 amide bonds. The average Bonchev–Trinajstić information content (AvgIpc) is 1.89. The van der Waals surface area contributed by atoms with Gasteiger partial charge in [0.25, 0.3) is 0 Å². The summed E-state index contributed by atoms with van der Waals surface area (Å²) in [6, 6.07) is 0. The summed E-state index contributed by atoms with van der Waals surface area (Å²) in [6.07, 6.45) is 0. The quantitative estimate of drug-likeness (QED) is 0.396. The van der Waals surface area contributed by atoms with Gasteiger partial charge in [-0.25, -0.2) is 0 Å². The monoisotopic (exact) mass is 133 g/mol. The van der Waals surface area contributed by atoms with Crippen molar-refractivity contribution in [3.8, 4) is 0 Å². The molecule has 0 rings (SSSR count). The van der Waals surface area contributed by atoms with E-state index in [2.05, 4.69) is 11.8 Å². The Balaban J connectivity index is 2.60. The van der Waals surface area contributed by atoms with Gasteiger partial charge in [-0.3, -0.25) is 0 Å². The van der Waals surface area contributed by atoms with E-state index in [1.165, 1.54) is 0 Å². The maximum absolute atomic E-state index is 4.93. The predicted octanol–water partition coefficient (Wildman–Crippen LogP) is 0.805. The third-order valence-corrected chi connectivity index (χ3v) is 0.743. The fourth-order valence-corrected chi connectivity index (χ4v) is 0.319. The summed E-state index contributed by atoms with van der Waals surface area (Å²) < 4.78 is 14.3. The summed E-state index contributed by atoms with van der Waals surface area (Å²) in [5.41, 5.74) is 0. The molecular formula is C6H13O3. The molecule has 3 nitrogen and oxygen atoms in total. The van der Waals surface area contributed by atoms with Crippen LogP contribution in [0.1, 0.15) is 6.92 Å². The van der Waals surface area contributed by atoms with Crippen LogP contribution in [0.15, 0.2) is 0 Å². The zero-order valence-corrected chi connectivity index (χ0v) is 5.76. The van der Waals surface area contributed by atoms with E-state index in [-0.39, 0.29) is 0 Å². The summed E-state index contributed by atoms with van der Waals surface area (Å²) in [6.45, 7) is 4.02. The molecule has 0 atom stereocenters. The van der Waals surface area contributed by atoms with E-state index in [9.17, 15) is 0 Å². The van der Waals surface area contributed by atoms with Crippen LogP contribution in [0.3, 0.4) is 0 Å². The minimum atomic E-state index is 0.347. The molecule has 0 N–H and O–H groups in total. The van der Waals surface area contributed by atoms with Crippen LogP contribution >= 0.6 is 0 Å². The van der Waals surface area contributed by atoms with Crippen molar-refractivity contribution in [1.82, 2.24) is 0 Å². The lowest BCUT2D eigenvalue weighted by atomic mass is 10.8. The smallest absolute Gasteiger partial charge is 0.146 e. The molecule has 0 fully saturated rings. The Morgan fingerprint density at radius 3 is 2.56 bits per heavy atom. The van der Waals surface area contributed by atoms with Gasteiger partial charge in [0.1, 0.15) is 6.79 Å². The van der Waals surface area contributed by atoms with Gasteiger partial charge in [-0.1, -0.05) is 0 Å². The van der Waals surface area contributed by atoms with Crippen molar-refractivity contribution >= 4 is 0 Å². The van der Waals surface area contributed by atoms with Crippen molar-refractivity contribution < 1.29 is 14.2 Å². The maximum atomic E-state index is 4.93. The largest absolute Gasteiger partial charge is 0.377 e. The van der Waals surface area contributed by atoms with Gasteiger partial charge in [-0.2, -0.15) is 0 Å². The minimum Gasteiger partial charge on any atom is -0.377 e. The fourth-order valence-electron chi connectivity index (χ4n) is 0.319. The first-order valence-corrected chi connectivity index (χ1v) is 2.94. The number of hydrogen-bond donors (Lipinski definition) is 0. The van der Waals surface area contributed by atoms with Crippen LogP contribution in [-0.2, 0) is 14.2 Å². The third-order valence-electron chi connectivity index (χ3n) is 0.743. The molecule has 0 saturated carbocycles. The number of hydrogen-bond acceptors (Lipinski definition) is 3. The van der Waals surface area contributed by atoms with Crippen LogP contribution < -0.4 is 0 Å². The molecule has 0 saturated heterocycles. The van der Waals surface area contributed by atoms with E-state index >= 15 is 0 Å². The minimum absolute atomic E-state index is 0.347. The highest BCUT2D eigenvalue weighted by Gasteiger charge is 1.83. The molecule has 0 spiro atoms. The summed E-state index contributed by atoms with van der Waals surface area (Å²) in [7, 11) is 3.18. The van der Waals surface area contributed by atoms with Crippen molar-refractivity contribution in [3.63, 3.8) is 0 Å². The molecule has 0 bridgehead atoms. The zero-order valence-electron chi connectivity index (χ0n) is 5.76.